The van der Waals surface area contributed by atoms with Gasteiger partial charge in [-0.3, -0.25) is 4.79 Å². The Morgan fingerprint density at radius 1 is 1.06 bits per heavy atom. The molecular formula is C26H33F2NO2. The minimum absolute atomic E-state index is 0.0153. The van der Waals surface area contributed by atoms with Crippen molar-refractivity contribution >= 4 is 5.78 Å². The summed E-state index contributed by atoms with van der Waals surface area (Å²) >= 11 is 0. The van der Waals surface area contributed by atoms with Gasteiger partial charge in [-0.15, -0.1) is 0 Å². The summed E-state index contributed by atoms with van der Waals surface area (Å²) in [5, 5.41) is 14.1. The predicted molar refractivity (Wildman–Crippen MR) is 119 cm³/mol. The molecule has 31 heavy (non-hydrogen) atoms. The molecule has 0 bridgehead atoms. The first-order valence-electron chi connectivity index (χ1n) is 11.1. The molecule has 5 heteroatoms. The number of hydrogen-bond acceptors (Lipinski definition) is 3. The van der Waals surface area contributed by atoms with Crippen LogP contribution in [0.15, 0.2) is 42.5 Å². The molecule has 2 N–H and O–H groups in total. The number of aryl methyl sites for hydroxylation is 1. The van der Waals surface area contributed by atoms with E-state index in [0.29, 0.717) is 50.6 Å². The van der Waals surface area contributed by atoms with Crippen LogP contribution in [-0.2, 0) is 22.2 Å². The maximum Gasteiger partial charge on any atom is 0.133 e. The Balaban J connectivity index is 1.70. The van der Waals surface area contributed by atoms with Crippen molar-refractivity contribution in [2.24, 2.45) is 0 Å². The summed E-state index contributed by atoms with van der Waals surface area (Å²) in [6.07, 6.45) is 2.56. The van der Waals surface area contributed by atoms with Gasteiger partial charge >= 0.3 is 0 Å². The first kappa shape index (κ1) is 23.6. The fraction of sp³-hybridized carbons (Fsp3) is 0.500. The molecule has 0 unspecified atom stereocenters. The summed E-state index contributed by atoms with van der Waals surface area (Å²) < 4.78 is 26.8. The lowest BCUT2D eigenvalue weighted by molar-refractivity contribution is -0.121. The number of aliphatic hydroxyl groups excluding tert-OH is 1. The molecule has 1 aliphatic carbocycles. The van der Waals surface area contributed by atoms with Crippen molar-refractivity contribution in [2.75, 3.05) is 6.54 Å². The van der Waals surface area contributed by atoms with E-state index in [1.165, 1.54) is 17.7 Å². The zero-order chi connectivity index (χ0) is 22.6. The van der Waals surface area contributed by atoms with E-state index in [4.69, 9.17) is 0 Å². The number of halogens is 2. The molecule has 3 nitrogen and oxygen atoms in total. The van der Waals surface area contributed by atoms with Crippen molar-refractivity contribution < 1.29 is 18.7 Å². The van der Waals surface area contributed by atoms with Crippen molar-refractivity contribution in [3.63, 3.8) is 0 Å². The fourth-order valence-electron chi connectivity index (χ4n) is 4.31. The number of ketones is 1. The van der Waals surface area contributed by atoms with Gasteiger partial charge < -0.3 is 10.4 Å². The number of Topliss-reactive ketones (excluding diaryl/α,β-unsaturated/α-hetero) is 1. The van der Waals surface area contributed by atoms with Gasteiger partial charge in [0.15, 0.2) is 0 Å². The molecule has 3 rings (SSSR count). The average molecular weight is 430 g/mol. The van der Waals surface area contributed by atoms with Gasteiger partial charge in [0, 0.05) is 31.0 Å². The van der Waals surface area contributed by atoms with Crippen LogP contribution in [0, 0.1) is 11.6 Å². The fourth-order valence-corrected chi connectivity index (χ4v) is 4.31. The highest BCUT2D eigenvalue weighted by Crippen LogP contribution is 2.37. The molecule has 168 valence electrons. The van der Waals surface area contributed by atoms with Crippen LogP contribution in [0.2, 0.25) is 0 Å². The van der Waals surface area contributed by atoms with Gasteiger partial charge in [0.25, 0.3) is 0 Å². The lowest BCUT2D eigenvalue weighted by Gasteiger charge is -2.40. The zero-order valence-electron chi connectivity index (χ0n) is 18.7. The molecular weight excluding hydrogens is 396 g/mol. The van der Waals surface area contributed by atoms with Crippen LogP contribution < -0.4 is 5.32 Å². The summed E-state index contributed by atoms with van der Waals surface area (Å²) in [6, 6.07) is 11.9. The van der Waals surface area contributed by atoms with Gasteiger partial charge in [-0.2, -0.15) is 0 Å². The summed E-state index contributed by atoms with van der Waals surface area (Å²) in [7, 11) is 0. The monoisotopic (exact) mass is 429 g/mol. The van der Waals surface area contributed by atoms with Crippen LogP contribution >= 0.6 is 0 Å². The first-order chi connectivity index (χ1) is 14.6. The van der Waals surface area contributed by atoms with E-state index in [2.05, 4.69) is 50.4 Å². The van der Waals surface area contributed by atoms with Crippen molar-refractivity contribution in [3.05, 3.63) is 70.8 Å². The standard InChI is InChI=1S/C26H33F2NO2/c1-25(2,3)19-5-4-6-20(15-19)26(11-9-23(30)10-12-26)29-17-24(31)8-7-18-13-21(27)16-22(28)14-18/h4-6,13-16,24,29,31H,7-12,17H2,1-3H3/t24-/m0/s1. The molecule has 2 aromatic rings. The average Bonchev–Trinajstić information content (AvgIpc) is 2.71. The van der Waals surface area contributed by atoms with Crippen LogP contribution in [0.3, 0.4) is 0 Å². The second-order valence-electron chi connectivity index (χ2n) is 9.80. The van der Waals surface area contributed by atoms with Crippen LogP contribution in [0.4, 0.5) is 8.78 Å². The maximum absolute atomic E-state index is 13.4. The summed E-state index contributed by atoms with van der Waals surface area (Å²) in [4.78, 5) is 11.9. The molecule has 0 aromatic heterocycles. The Hall–Kier alpha value is -2.11. The second-order valence-corrected chi connectivity index (χ2v) is 9.80. The number of rotatable bonds is 7. The van der Waals surface area contributed by atoms with Crippen molar-refractivity contribution in [3.8, 4) is 0 Å². The molecule has 0 saturated heterocycles. The first-order valence-corrected chi connectivity index (χ1v) is 11.1. The molecule has 1 saturated carbocycles. The molecule has 2 aromatic carbocycles. The van der Waals surface area contributed by atoms with Gasteiger partial charge in [-0.25, -0.2) is 8.78 Å². The molecule has 0 spiro atoms. The third kappa shape index (κ3) is 6.20. The predicted octanol–water partition coefficient (Wildman–Crippen LogP) is 5.18. The quantitative estimate of drug-likeness (QED) is 0.637. The second kappa shape index (κ2) is 9.58. The molecule has 0 heterocycles. The topological polar surface area (TPSA) is 49.3 Å². The van der Waals surface area contributed by atoms with Crippen LogP contribution in [-0.4, -0.2) is 23.5 Å². The molecule has 1 aliphatic rings. The van der Waals surface area contributed by atoms with Crippen LogP contribution in [0.25, 0.3) is 0 Å². The lowest BCUT2D eigenvalue weighted by Crippen LogP contribution is -2.48. The highest BCUT2D eigenvalue weighted by atomic mass is 19.1. The van der Waals surface area contributed by atoms with E-state index in [9.17, 15) is 18.7 Å². The lowest BCUT2D eigenvalue weighted by atomic mass is 9.74. The van der Waals surface area contributed by atoms with Crippen LogP contribution in [0.5, 0.6) is 0 Å². The molecule has 1 fully saturated rings. The zero-order valence-corrected chi connectivity index (χ0v) is 18.7. The van der Waals surface area contributed by atoms with E-state index in [-0.39, 0.29) is 16.7 Å². The van der Waals surface area contributed by atoms with Gasteiger partial charge in [0.2, 0.25) is 0 Å². The highest BCUT2D eigenvalue weighted by Gasteiger charge is 2.36. The summed E-state index contributed by atoms with van der Waals surface area (Å²) in [5.41, 5.74) is 2.57. The third-order valence-corrected chi connectivity index (χ3v) is 6.31. The van der Waals surface area contributed by atoms with Crippen molar-refractivity contribution in [1.82, 2.24) is 5.32 Å². The minimum atomic E-state index is -0.661. The van der Waals surface area contributed by atoms with E-state index >= 15 is 0 Å². The number of nitrogens with one attached hydrogen (secondary N) is 1. The number of hydrogen-bond donors (Lipinski definition) is 2. The minimum Gasteiger partial charge on any atom is -0.392 e. The van der Waals surface area contributed by atoms with Gasteiger partial charge in [0.1, 0.15) is 17.4 Å². The largest absolute Gasteiger partial charge is 0.392 e. The van der Waals surface area contributed by atoms with E-state index in [0.717, 1.165) is 11.6 Å². The summed E-state index contributed by atoms with van der Waals surface area (Å²) in [5.74, 6) is -0.933. The van der Waals surface area contributed by atoms with Gasteiger partial charge in [-0.05, 0) is 59.9 Å². The Morgan fingerprint density at radius 2 is 1.71 bits per heavy atom. The number of benzene rings is 2. The number of carbonyl (C=O) groups excluding carboxylic acids is 1. The van der Waals surface area contributed by atoms with E-state index < -0.39 is 17.7 Å². The Kier molecular flexibility index (Phi) is 7.28. The molecule has 0 radical (unpaired) electrons. The van der Waals surface area contributed by atoms with E-state index in [1.807, 2.05) is 0 Å². The smallest absolute Gasteiger partial charge is 0.133 e. The number of carbonyl (C=O) groups is 1. The number of aliphatic hydroxyl groups is 1. The maximum atomic E-state index is 13.4. The van der Waals surface area contributed by atoms with Gasteiger partial charge in [-0.1, -0.05) is 45.0 Å². The third-order valence-electron chi connectivity index (χ3n) is 6.31. The Bertz CT molecular complexity index is 890. The van der Waals surface area contributed by atoms with Crippen molar-refractivity contribution in [2.45, 2.75) is 76.4 Å². The normalized spacial score (nSPS) is 17.5. The highest BCUT2D eigenvalue weighted by molar-refractivity contribution is 5.79. The van der Waals surface area contributed by atoms with Crippen molar-refractivity contribution in [1.29, 1.82) is 0 Å². The SMILES string of the molecule is CC(C)(C)c1cccc(C2(NC[C@@H](O)CCc3cc(F)cc(F)c3)CCC(=O)CC2)c1. The van der Waals surface area contributed by atoms with Crippen LogP contribution in [0.1, 0.15) is 69.6 Å². The molecule has 1 atom stereocenters. The van der Waals surface area contributed by atoms with Gasteiger partial charge in [0.05, 0.1) is 6.10 Å². The molecule has 0 amide bonds. The Labute approximate surface area is 183 Å². The summed E-state index contributed by atoms with van der Waals surface area (Å²) in [6.45, 7) is 6.88. The molecule has 0 aliphatic heterocycles. The van der Waals surface area contributed by atoms with E-state index in [1.54, 1.807) is 0 Å². The Morgan fingerprint density at radius 3 is 2.32 bits per heavy atom.